The van der Waals surface area contributed by atoms with Crippen molar-refractivity contribution in [2.45, 2.75) is 19.6 Å². The lowest BCUT2D eigenvalue weighted by atomic mass is 10.1. The predicted octanol–water partition coefficient (Wildman–Crippen LogP) is 6.00. The first kappa shape index (κ1) is 19.3. The van der Waals surface area contributed by atoms with Crippen LogP contribution in [-0.2, 0) is 19.6 Å². The minimum Gasteiger partial charge on any atom is -0.290 e. The van der Waals surface area contributed by atoms with Crippen molar-refractivity contribution in [2.24, 2.45) is 0 Å². The summed E-state index contributed by atoms with van der Waals surface area (Å²) in [5, 5.41) is 0.538. The normalized spacial score (nSPS) is 11.0. The fourth-order valence-electron chi connectivity index (χ4n) is 3.37. The number of halogens is 1. The molecule has 0 atom stereocenters. The minimum atomic E-state index is 0.538. The van der Waals surface area contributed by atoms with Crippen LogP contribution >= 0.6 is 11.6 Å². The summed E-state index contributed by atoms with van der Waals surface area (Å²) in [5.41, 5.74) is 5.42. The maximum Gasteiger partial charge on any atom is 0.133 e. The quantitative estimate of drug-likeness (QED) is 0.357. The van der Waals surface area contributed by atoms with Gasteiger partial charge in [0.1, 0.15) is 5.15 Å². The zero-order chi connectivity index (χ0) is 19.9. The molecule has 0 aliphatic rings. The molecule has 0 saturated carbocycles. The van der Waals surface area contributed by atoms with Crippen LogP contribution < -0.4 is 0 Å². The summed E-state index contributed by atoms with van der Waals surface area (Å²) in [6.07, 6.45) is 3.58. The molecule has 0 N–H and O–H groups in total. The standard InChI is InChI=1S/C25H22ClN3/c26-25-23(15-22(16-28-25)24-13-7-8-14-27-24)19-29(17-20-9-3-1-4-10-20)18-21-11-5-2-6-12-21/h1-16H,17-19H2. The highest BCUT2D eigenvalue weighted by Gasteiger charge is 2.13. The van der Waals surface area contributed by atoms with Crippen LogP contribution in [0.4, 0.5) is 0 Å². The van der Waals surface area contributed by atoms with Crippen LogP contribution in [0, 0.1) is 0 Å². The lowest BCUT2D eigenvalue weighted by Gasteiger charge is -2.23. The molecule has 0 aliphatic carbocycles. The van der Waals surface area contributed by atoms with Gasteiger partial charge in [0.15, 0.2) is 0 Å². The first-order valence-electron chi connectivity index (χ1n) is 9.64. The third-order valence-corrected chi connectivity index (χ3v) is 5.10. The van der Waals surface area contributed by atoms with Crippen LogP contribution in [-0.4, -0.2) is 14.9 Å². The Kier molecular flexibility index (Phi) is 6.30. The lowest BCUT2D eigenvalue weighted by molar-refractivity contribution is 0.247. The predicted molar refractivity (Wildman–Crippen MR) is 118 cm³/mol. The summed E-state index contributed by atoms with van der Waals surface area (Å²) in [4.78, 5) is 11.2. The Hall–Kier alpha value is -3.01. The third kappa shape index (κ3) is 5.29. The Morgan fingerprint density at radius 2 is 1.31 bits per heavy atom. The van der Waals surface area contributed by atoms with Crippen LogP contribution in [0.25, 0.3) is 11.3 Å². The van der Waals surface area contributed by atoms with Crippen molar-refractivity contribution >= 4 is 11.6 Å². The van der Waals surface area contributed by atoms with Crippen LogP contribution in [0.15, 0.2) is 97.3 Å². The summed E-state index contributed by atoms with van der Waals surface area (Å²) in [6, 6.07) is 29.0. The van der Waals surface area contributed by atoms with Gasteiger partial charge in [0.05, 0.1) is 5.69 Å². The van der Waals surface area contributed by atoms with Gasteiger partial charge in [0.2, 0.25) is 0 Å². The van der Waals surface area contributed by atoms with Crippen LogP contribution in [0.5, 0.6) is 0 Å². The molecule has 0 fully saturated rings. The molecule has 2 aromatic carbocycles. The van der Waals surface area contributed by atoms with Crippen molar-refractivity contribution < 1.29 is 0 Å². The molecule has 2 heterocycles. The van der Waals surface area contributed by atoms with Gasteiger partial charge >= 0.3 is 0 Å². The highest BCUT2D eigenvalue weighted by Crippen LogP contribution is 2.24. The highest BCUT2D eigenvalue weighted by atomic mass is 35.5. The van der Waals surface area contributed by atoms with Crippen LogP contribution in [0.3, 0.4) is 0 Å². The van der Waals surface area contributed by atoms with E-state index in [0.717, 1.165) is 29.9 Å². The largest absolute Gasteiger partial charge is 0.290 e. The molecule has 0 aliphatic heterocycles. The Morgan fingerprint density at radius 3 is 1.90 bits per heavy atom. The van der Waals surface area contributed by atoms with Gasteiger partial charge < -0.3 is 0 Å². The molecular weight excluding hydrogens is 378 g/mol. The molecule has 0 unspecified atom stereocenters. The average Bonchev–Trinajstić information content (AvgIpc) is 2.77. The summed E-state index contributed by atoms with van der Waals surface area (Å²) >= 11 is 6.48. The van der Waals surface area contributed by atoms with Gasteiger partial charge in [-0.2, -0.15) is 0 Å². The highest BCUT2D eigenvalue weighted by molar-refractivity contribution is 6.30. The van der Waals surface area contributed by atoms with Crippen molar-refractivity contribution in [3.63, 3.8) is 0 Å². The topological polar surface area (TPSA) is 29.0 Å². The van der Waals surface area contributed by atoms with Gasteiger partial charge in [0, 0.05) is 43.2 Å². The SMILES string of the molecule is Clc1ncc(-c2ccccn2)cc1CN(Cc1ccccc1)Cc1ccccc1. The molecule has 0 bridgehead atoms. The number of nitrogens with zero attached hydrogens (tertiary/aromatic N) is 3. The van der Waals surface area contributed by atoms with Gasteiger partial charge in [-0.15, -0.1) is 0 Å². The molecule has 0 spiro atoms. The number of hydrogen-bond donors (Lipinski definition) is 0. The smallest absolute Gasteiger partial charge is 0.133 e. The van der Waals surface area contributed by atoms with E-state index < -0.39 is 0 Å². The van der Waals surface area contributed by atoms with E-state index >= 15 is 0 Å². The number of hydrogen-bond acceptors (Lipinski definition) is 3. The molecule has 4 aromatic rings. The molecule has 144 valence electrons. The number of aromatic nitrogens is 2. The Balaban J connectivity index is 1.61. The maximum atomic E-state index is 6.48. The summed E-state index contributed by atoms with van der Waals surface area (Å²) in [5.74, 6) is 0. The molecule has 3 nitrogen and oxygen atoms in total. The van der Waals surface area contributed by atoms with E-state index in [2.05, 4.69) is 69.5 Å². The van der Waals surface area contributed by atoms with Crippen molar-refractivity contribution in [1.82, 2.24) is 14.9 Å². The van der Waals surface area contributed by atoms with Crippen molar-refractivity contribution in [3.05, 3.63) is 119 Å². The third-order valence-electron chi connectivity index (χ3n) is 4.76. The van der Waals surface area contributed by atoms with Gasteiger partial charge in [-0.05, 0) is 29.3 Å². The van der Waals surface area contributed by atoms with E-state index in [1.807, 2.05) is 30.3 Å². The Bertz CT molecular complexity index is 996. The van der Waals surface area contributed by atoms with Crippen molar-refractivity contribution in [3.8, 4) is 11.3 Å². The van der Waals surface area contributed by atoms with Gasteiger partial charge in [-0.3, -0.25) is 9.88 Å². The van der Waals surface area contributed by atoms with Gasteiger partial charge in [0.25, 0.3) is 0 Å². The molecule has 29 heavy (non-hydrogen) atoms. The molecular formula is C25H22ClN3. The van der Waals surface area contributed by atoms with E-state index in [0.29, 0.717) is 11.7 Å². The van der Waals surface area contributed by atoms with E-state index in [4.69, 9.17) is 11.6 Å². The molecule has 2 aromatic heterocycles. The van der Waals surface area contributed by atoms with Gasteiger partial charge in [-0.25, -0.2) is 4.98 Å². The second-order valence-electron chi connectivity index (χ2n) is 7.01. The van der Waals surface area contributed by atoms with E-state index in [1.54, 1.807) is 12.4 Å². The van der Waals surface area contributed by atoms with E-state index in [1.165, 1.54) is 11.1 Å². The van der Waals surface area contributed by atoms with Crippen LogP contribution in [0.2, 0.25) is 5.15 Å². The molecule has 4 rings (SSSR count). The summed E-state index contributed by atoms with van der Waals surface area (Å²) in [6.45, 7) is 2.37. The Morgan fingerprint density at radius 1 is 0.690 bits per heavy atom. The fraction of sp³-hybridized carbons (Fsp3) is 0.120. The molecule has 0 saturated heterocycles. The summed E-state index contributed by atoms with van der Waals surface area (Å²) < 4.78 is 0. The second kappa shape index (κ2) is 9.46. The zero-order valence-electron chi connectivity index (χ0n) is 16.1. The first-order chi connectivity index (χ1) is 14.3. The lowest BCUT2D eigenvalue weighted by Crippen LogP contribution is -2.22. The fourth-order valence-corrected chi connectivity index (χ4v) is 3.53. The number of rotatable bonds is 7. The van der Waals surface area contributed by atoms with Gasteiger partial charge in [-0.1, -0.05) is 78.3 Å². The van der Waals surface area contributed by atoms with E-state index in [9.17, 15) is 0 Å². The number of benzene rings is 2. The van der Waals surface area contributed by atoms with E-state index in [-0.39, 0.29) is 0 Å². The second-order valence-corrected chi connectivity index (χ2v) is 7.36. The maximum absolute atomic E-state index is 6.48. The first-order valence-corrected chi connectivity index (χ1v) is 10.0. The molecule has 0 amide bonds. The average molecular weight is 400 g/mol. The number of pyridine rings is 2. The monoisotopic (exact) mass is 399 g/mol. The zero-order valence-corrected chi connectivity index (χ0v) is 16.8. The minimum absolute atomic E-state index is 0.538. The summed E-state index contributed by atoms with van der Waals surface area (Å²) in [7, 11) is 0. The molecule has 4 heteroatoms. The Labute approximate surface area is 176 Å². The molecule has 0 radical (unpaired) electrons. The van der Waals surface area contributed by atoms with Crippen molar-refractivity contribution in [2.75, 3.05) is 0 Å². The van der Waals surface area contributed by atoms with Crippen molar-refractivity contribution in [1.29, 1.82) is 0 Å². The van der Waals surface area contributed by atoms with Crippen LogP contribution in [0.1, 0.15) is 16.7 Å².